The van der Waals surface area contributed by atoms with Gasteiger partial charge >= 0.3 is 0 Å². The van der Waals surface area contributed by atoms with Crippen LogP contribution in [-0.2, 0) is 0 Å². The molecule has 164 valence electrons. The minimum atomic E-state index is -0.232. The smallest absolute Gasteiger partial charge is 0.234 e. The molecule has 0 aliphatic carbocycles. The third-order valence-electron chi connectivity index (χ3n) is 5.57. The van der Waals surface area contributed by atoms with Gasteiger partial charge < -0.3 is 4.74 Å². The summed E-state index contributed by atoms with van der Waals surface area (Å²) in [6.07, 6.45) is 0. The number of rotatable bonds is 6. The van der Waals surface area contributed by atoms with Crippen molar-refractivity contribution < 1.29 is 9.53 Å². The molecule has 0 spiro atoms. The van der Waals surface area contributed by atoms with Crippen molar-refractivity contribution >= 4 is 16.8 Å². The maximum atomic E-state index is 12.7. The topological polar surface area (TPSA) is 80.8 Å². The number of aryl methyl sites for hydroxylation is 1. The van der Waals surface area contributed by atoms with Crippen LogP contribution in [0.25, 0.3) is 27.8 Å². The number of carbonyl (C=O) groups excluding carboxylic acids is 1. The SMILES string of the molecule is Cc1nn(-c2ccccc2)c2nc(OCC(=O)c3ccccc3)c(C#N)c(-c3ccccc3)c12. The number of pyridine rings is 1. The zero-order valence-corrected chi connectivity index (χ0v) is 18.5. The Balaban J connectivity index is 1.70. The first-order chi connectivity index (χ1) is 16.7. The van der Waals surface area contributed by atoms with Crippen molar-refractivity contribution in [1.82, 2.24) is 14.8 Å². The molecule has 34 heavy (non-hydrogen) atoms. The minimum Gasteiger partial charge on any atom is -0.468 e. The minimum absolute atomic E-state index is 0.107. The Hall–Kier alpha value is -4.76. The Kier molecular flexibility index (Phi) is 5.59. The van der Waals surface area contributed by atoms with Gasteiger partial charge in [0.25, 0.3) is 0 Å². The number of carbonyl (C=O) groups is 1. The number of ether oxygens (including phenoxy) is 1. The van der Waals surface area contributed by atoms with Crippen molar-refractivity contribution in [1.29, 1.82) is 5.26 Å². The zero-order chi connectivity index (χ0) is 23.5. The molecule has 3 aromatic carbocycles. The third-order valence-corrected chi connectivity index (χ3v) is 5.57. The Morgan fingerprint density at radius 2 is 1.56 bits per heavy atom. The second-order valence-electron chi connectivity index (χ2n) is 7.75. The highest BCUT2D eigenvalue weighted by Gasteiger charge is 2.24. The monoisotopic (exact) mass is 444 g/mol. The molecular formula is C28H20N4O2. The molecule has 0 bridgehead atoms. The van der Waals surface area contributed by atoms with Crippen LogP contribution in [0.2, 0.25) is 0 Å². The fourth-order valence-electron chi connectivity index (χ4n) is 3.99. The molecule has 0 fully saturated rings. The first-order valence-corrected chi connectivity index (χ1v) is 10.8. The van der Waals surface area contributed by atoms with Gasteiger partial charge in [-0.1, -0.05) is 78.9 Å². The van der Waals surface area contributed by atoms with E-state index in [-0.39, 0.29) is 23.8 Å². The maximum Gasteiger partial charge on any atom is 0.234 e. The zero-order valence-electron chi connectivity index (χ0n) is 18.5. The van der Waals surface area contributed by atoms with Gasteiger partial charge in [-0.2, -0.15) is 15.3 Å². The average molecular weight is 444 g/mol. The summed E-state index contributed by atoms with van der Waals surface area (Å²) in [6, 6.07) is 30.5. The predicted octanol–water partition coefficient (Wildman–Crippen LogP) is 5.53. The van der Waals surface area contributed by atoms with E-state index in [9.17, 15) is 10.1 Å². The van der Waals surface area contributed by atoms with Crippen LogP contribution in [0.3, 0.4) is 0 Å². The number of Topliss-reactive ketones (excluding diaryl/α,β-unsaturated/α-hetero) is 1. The summed E-state index contributed by atoms with van der Waals surface area (Å²) in [6.45, 7) is 1.67. The third kappa shape index (κ3) is 3.80. The van der Waals surface area contributed by atoms with Crippen molar-refractivity contribution in [3.8, 4) is 28.8 Å². The highest BCUT2D eigenvalue weighted by Crippen LogP contribution is 2.38. The van der Waals surface area contributed by atoms with Gasteiger partial charge in [0.2, 0.25) is 5.88 Å². The van der Waals surface area contributed by atoms with E-state index in [0.29, 0.717) is 16.8 Å². The van der Waals surface area contributed by atoms with Gasteiger partial charge in [-0.15, -0.1) is 0 Å². The standard InChI is InChI=1S/C28H20N4O2/c1-19-25-26(21-13-7-3-8-14-21)23(17-29)28(34-18-24(33)20-11-5-2-6-12-20)30-27(25)32(31-19)22-15-9-4-10-16-22/h2-16H,18H2,1H3. The van der Waals surface area contributed by atoms with Crippen molar-refractivity contribution in [2.75, 3.05) is 6.61 Å². The first-order valence-electron chi connectivity index (χ1n) is 10.8. The highest BCUT2D eigenvalue weighted by atomic mass is 16.5. The molecule has 0 amide bonds. The van der Waals surface area contributed by atoms with E-state index >= 15 is 0 Å². The Morgan fingerprint density at radius 3 is 2.21 bits per heavy atom. The number of nitriles is 1. The normalized spacial score (nSPS) is 10.7. The molecule has 2 aromatic heterocycles. The molecule has 0 atom stereocenters. The molecule has 0 unspecified atom stereocenters. The molecule has 0 radical (unpaired) electrons. The maximum absolute atomic E-state index is 12.7. The Bertz CT molecular complexity index is 1520. The lowest BCUT2D eigenvalue weighted by atomic mass is 9.97. The highest BCUT2D eigenvalue weighted by molar-refractivity contribution is 6.00. The van der Waals surface area contributed by atoms with Gasteiger partial charge in [0, 0.05) is 11.1 Å². The van der Waals surface area contributed by atoms with Crippen LogP contribution < -0.4 is 4.74 Å². The van der Waals surface area contributed by atoms with Gasteiger partial charge in [-0.25, -0.2) is 4.68 Å². The number of nitrogens with zero attached hydrogens (tertiary/aromatic N) is 4. The number of hydrogen-bond acceptors (Lipinski definition) is 5. The fraction of sp³-hybridized carbons (Fsp3) is 0.0714. The quantitative estimate of drug-likeness (QED) is 0.322. The molecule has 0 aliphatic rings. The van der Waals surface area contributed by atoms with Crippen LogP contribution >= 0.6 is 0 Å². The summed E-state index contributed by atoms with van der Waals surface area (Å²) in [5, 5.41) is 15.6. The first kappa shape index (κ1) is 21.1. The number of hydrogen-bond donors (Lipinski definition) is 0. The van der Waals surface area contributed by atoms with Crippen LogP contribution in [0.1, 0.15) is 21.6 Å². The van der Waals surface area contributed by atoms with Gasteiger partial charge in [-0.05, 0) is 24.6 Å². The second kappa shape index (κ2) is 9.00. The molecule has 2 heterocycles. The second-order valence-corrected chi connectivity index (χ2v) is 7.75. The fourth-order valence-corrected chi connectivity index (χ4v) is 3.99. The number of para-hydroxylation sites is 1. The van der Waals surface area contributed by atoms with Gasteiger partial charge in [0.15, 0.2) is 18.0 Å². The largest absolute Gasteiger partial charge is 0.468 e. The summed E-state index contributed by atoms with van der Waals surface area (Å²) in [7, 11) is 0. The number of fused-ring (bicyclic) bond motifs is 1. The van der Waals surface area contributed by atoms with E-state index < -0.39 is 0 Å². The van der Waals surface area contributed by atoms with E-state index in [0.717, 1.165) is 22.3 Å². The number of ketones is 1. The van der Waals surface area contributed by atoms with Gasteiger partial charge in [-0.3, -0.25) is 4.79 Å². The molecule has 5 aromatic rings. The van der Waals surface area contributed by atoms with Crippen molar-refractivity contribution in [3.63, 3.8) is 0 Å². The molecule has 6 heteroatoms. The van der Waals surface area contributed by atoms with Crippen molar-refractivity contribution in [2.24, 2.45) is 0 Å². The van der Waals surface area contributed by atoms with Crippen LogP contribution in [-0.4, -0.2) is 27.2 Å². The number of aromatic nitrogens is 3. The average Bonchev–Trinajstić information content (AvgIpc) is 3.23. The van der Waals surface area contributed by atoms with Crippen LogP contribution in [0.5, 0.6) is 5.88 Å². The van der Waals surface area contributed by atoms with E-state index in [4.69, 9.17) is 14.8 Å². The summed E-state index contributed by atoms with van der Waals surface area (Å²) in [4.78, 5) is 17.4. The lowest BCUT2D eigenvalue weighted by Crippen LogP contribution is -2.13. The summed E-state index contributed by atoms with van der Waals surface area (Å²) in [5.74, 6) is -0.0874. The molecule has 0 saturated carbocycles. The Labute approximate surface area is 196 Å². The summed E-state index contributed by atoms with van der Waals surface area (Å²) >= 11 is 0. The van der Waals surface area contributed by atoms with Crippen LogP contribution in [0.4, 0.5) is 0 Å². The lowest BCUT2D eigenvalue weighted by Gasteiger charge is -2.13. The Morgan fingerprint density at radius 1 is 0.941 bits per heavy atom. The van der Waals surface area contributed by atoms with Gasteiger partial charge in [0.1, 0.15) is 11.6 Å². The molecule has 0 N–H and O–H groups in total. The van der Waals surface area contributed by atoms with Crippen molar-refractivity contribution in [3.05, 3.63) is 108 Å². The van der Waals surface area contributed by atoms with E-state index in [1.165, 1.54) is 0 Å². The predicted molar refractivity (Wildman–Crippen MR) is 130 cm³/mol. The molecular weight excluding hydrogens is 424 g/mol. The molecule has 0 saturated heterocycles. The van der Waals surface area contributed by atoms with E-state index in [1.807, 2.05) is 73.7 Å². The van der Waals surface area contributed by atoms with Crippen LogP contribution in [0, 0.1) is 18.3 Å². The van der Waals surface area contributed by atoms with Gasteiger partial charge in [0.05, 0.1) is 16.8 Å². The lowest BCUT2D eigenvalue weighted by molar-refractivity contribution is 0.0918. The summed E-state index contributed by atoms with van der Waals surface area (Å²) in [5.41, 5.74) is 4.49. The van der Waals surface area contributed by atoms with Crippen molar-refractivity contribution in [2.45, 2.75) is 6.92 Å². The number of benzene rings is 3. The molecule has 0 aliphatic heterocycles. The van der Waals surface area contributed by atoms with E-state index in [2.05, 4.69) is 6.07 Å². The summed E-state index contributed by atoms with van der Waals surface area (Å²) < 4.78 is 7.63. The van der Waals surface area contributed by atoms with Crippen LogP contribution in [0.15, 0.2) is 91.0 Å². The molecule has 6 nitrogen and oxygen atoms in total. The van der Waals surface area contributed by atoms with E-state index in [1.54, 1.807) is 28.9 Å². The molecule has 5 rings (SSSR count).